The first-order valence-corrected chi connectivity index (χ1v) is 8.33. The van der Waals surface area contributed by atoms with E-state index in [0.717, 1.165) is 4.31 Å². The fourth-order valence-electron chi connectivity index (χ4n) is 2.54. The molecule has 7 heteroatoms. The van der Waals surface area contributed by atoms with E-state index in [4.69, 9.17) is 5.73 Å². The molecule has 0 bridgehead atoms. The number of hydrogen-bond acceptors (Lipinski definition) is 3. The molecule has 0 saturated carbocycles. The molecule has 0 fully saturated rings. The molecule has 5 nitrogen and oxygen atoms in total. The Morgan fingerprint density at radius 3 is 2.18 bits per heavy atom. The van der Waals surface area contributed by atoms with Crippen LogP contribution in [0.1, 0.15) is 6.42 Å². The van der Waals surface area contributed by atoms with Crippen LogP contribution in [0.25, 0.3) is 0 Å². The molecule has 0 radical (unpaired) electrons. The quantitative estimate of drug-likeness (QED) is 0.940. The van der Waals surface area contributed by atoms with Crippen LogP contribution in [0, 0.1) is 5.82 Å². The van der Waals surface area contributed by atoms with Crippen molar-refractivity contribution in [3.8, 4) is 0 Å². The summed E-state index contributed by atoms with van der Waals surface area (Å²) >= 11 is 0. The zero-order valence-electron chi connectivity index (χ0n) is 11.8. The van der Waals surface area contributed by atoms with Crippen LogP contribution >= 0.6 is 0 Å². The lowest BCUT2D eigenvalue weighted by molar-refractivity contribution is 0.589. The van der Waals surface area contributed by atoms with Crippen molar-refractivity contribution in [3.63, 3.8) is 0 Å². The highest BCUT2D eigenvalue weighted by atomic mass is 32.2. The van der Waals surface area contributed by atoms with Crippen LogP contribution < -0.4 is 14.3 Å². The molecule has 0 aromatic heterocycles. The van der Waals surface area contributed by atoms with Gasteiger partial charge in [-0.3, -0.25) is 4.31 Å². The molecule has 0 spiro atoms. The van der Waals surface area contributed by atoms with Gasteiger partial charge in [-0.05, 0) is 37.2 Å². The van der Waals surface area contributed by atoms with Gasteiger partial charge in [-0.2, -0.15) is 8.42 Å². The minimum Gasteiger partial charge on any atom is -0.330 e. The number of hydrogen-bond donors (Lipinski definition) is 1. The predicted molar refractivity (Wildman–Crippen MR) is 84.9 cm³/mol. The van der Waals surface area contributed by atoms with Gasteiger partial charge in [0.25, 0.3) is 0 Å². The molecule has 2 aromatic rings. The van der Waals surface area contributed by atoms with Crippen molar-refractivity contribution in [3.05, 3.63) is 54.3 Å². The Morgan fingerprint density at radius 1 is 0.955 bits per heavy atom. The zero-order valence-corrected chi connectivity index (χ0v) is 12.6. The molecule has 0 atom stereocenters. The van der Waals surface area contributed by atoms with Gasteiger partial charge in [0, 0.05) is 6.54 Å². The van der Waals surface area contributed by atoms with Crippen molar-refractivity contribution in [2.45, 2.75) is 6.42 Å². The van der Waals surface area contributed by atoms with Crippen LogP contribution in [-0.2, 0) is 10.2 Å². The van der Waals surface area contributed by atoms with Crippen LogP contribution in [0.5, 0.6) is 0 Å². The molecule has 0 amide bonds. The molecule has 0 aliphatic carbocycles. The monoisotopic (exact) mass is 321 g/mol. The Morgan fingerprint density at radius 2 is 1.55 bits per heavy atom. The maximum Gasteiger partial charge on any atom is 0.331 e. The summed E-state index contributed by atoms with van der Waals surface area (Å²) in [7, 11) is -3.86. The number of fused-ring (bicyclic) bond motifs is 1. The number of para-hydroxylation sites is 3. The Labute approximate surface area is 128 Å². The molecule has 1 aliphatic rings. The number of benzene rings is 2. The third kappa shape index (κ3) is 2.22. The molecule has 22 heavy (non-hydrogen) atoms. The third-order valence-electron chi connectivity index (χ3n) is 3.52. The van der Waals surface area contributed by atoms with Crippen molar-refractivity contribution < 1.29 is 12.8 Å². The van der Waals surface area contributed by atoms with E-state index in [1.807, 2.05) is 0 Å². The molecule has 3 rings (SSSR count). The lowest BCUT2D eigenvalue weighted by Gasteiger charge is -2.21. The zero-order chi connectivity index (χ0) is 15.7. The summed E-state index contributed by atoms with van der Waals surface area (Å²) in [5, 5.41) is 0. The number of nitrogens with two attached hydrogens (primary N) is 1. The Bertz CT molecular complexity index is 795. The average Bonchev–Trinajstić information content (AvgIpc) is 2.72. The largest absolute Gasteiger partial charge is 0.331 e. The maximum atomic E-state index is 14.1. The Balaban J connectivity index is 2.17. The third-order valence-corrected chi connectivity index (χ3v) is 5.31. The summed E-state index contributed by atoms with van der Waals surface area (Å²) in [4.78, 5) is 0. The van der Waals surface area contributed by atoms with Crippen LogP contribution in [0.2, 0.25) is 0 Å². The highest BCUT2D eigenvalue weighted by molar-refractivity contribution is 7.95. The topological polar surface area (TPSA) is 66.6 Å². The molecule has 1 aliphatic heterocycles. The van der Waals surface area contributed by atoms with E-state index in [0.29, 0.717) is 24.3 Å². The van der Waals surface area contributed by atoms with Crippen molar-refractivity contribution in [1.29, 1.82) is 0 Å². The van der Waals surface area contributed by atoms with Gasteiger partial charge in [0.1, 0.15) is 5.82 Å². The molecule has 2 aromatic carbocycles. The second kappa shape index (κ2) is 5.58. The van der Waals surface area contributed by atoms with Crippen molar-refractivity contribution in [1.82, 2.24) is 0 Å². The highest BCUT2D eigenvalue weighted by Gasteiger charge is 2.41. The van der Waals surface area contributed by atoms with E-state index < -0.39 is 16.0 Å². The molecule has 0 saturated heterocycles. The van der Waals surface area contributed by atoms with Crippen molar-refractivity contribution >= 4 is 27.3 Å². The van der Waals surface area contributed by atoms with Crippen LogP contribution in [0.15, 0.2) is 48.5 Å². The van der Waals surface area contributed by atoms with E-state index >= 15 is 0 Å². The first-order chi connectivity index (χ1) is 10.6. The van der Waals surface area contributed by atoms with E-state index in [1.54, 1.807) is 30.3 Å². The van der Waals surface area contributed by atoms with Crippen molar-refractivity contribution in [2.24, 2.45) is 5.73 Å². The molecule has 2 N–H and O–H groups in total. The Hall–Kier alpha value is -2.12. The lowest BCUT2D eigenvalue weighted by atomic mass is 10.2. The second-order valence-electron chi connectivity index (χ2n) is 4.93. The van der Waals surface area contributed by atoms with Crippen molar-refractivity contribution in [2.75, 3.05) is 21.7 Å². The molecule has 1 heterocycles. The average molecular weight is 321 g/mol. The summed E-state index contributed by atoms with van der Waals surface area (Å²) in [6.07, 6.45) is 0.526. The van der Waals surface area contributed by atoms with E-state index in [9.17, 15) is 12.8 Å². The van der Waals surface area contributed by atoms with E-state index in [1.165, 1.54) is 22.5 Å². The highest BCUT2D eigenvalue weighted by Crippen LogP contribution is 2.45. The van der Waals surface area contributed by atoms with Crippen LogP contribution in [-0.4, -0.2) is 21.5 Å². The second-order valence-corrected chi connectivity index (χ2v) is 6.63. The number of anilines is 3. The van der Waals surface area contributed by atoms with Gasteiger partial charge in [0.2, 0.25) is 0 Å². The van der Waals surface area contributed by atoms with E-state index in [-0.39, 0.29) is 12.2 Å². The molecule has 0 unspecified atom stereocenters. The molecular weight excluding hydrogens is 305 g/mol. The SMILES string of the molecule is NCCCN1c2ccccc2N(c2ccccc2F)S1(=O)=O. The number of rotatable bonds is 4. The fourth-order valence-corrected chi connectivity index (χ4v) is 4.29. The number of nitrogens with zero attached hydrogens (tertiary/aromatic N) is 2. The summed E-state index contributed by atoms with van der Waals surface area (Å²) in [5.74, 6) is -0.582. The summed E-state index contributed by atoms with van der Waals surface area (Å²) in [6.45, 7) is 0.648. The van der Waals surface area contributed by atoms with Gasteiger partial charge in [0.05, 0.1) is 17.1 Å². The fraction of sp³-hybridized carbons (Fsp3) is 0.200. The minimum absolute atomic E-state index is 0.0187. The normalized spacial score (nSPS) is 15.9. The van der Waals surface area contributed by atoms with Gasteiger partial charge in [-0.1, -0.05) is 24.3 Å². The minimum atomic E-state index is -3.86. The smallest absolute Gasteiger partial charge is 0.330 e. The first-order valence-electron chi connectivity index (χ1n) is 6.94. The van der Waals surface area contributed by atoms with Crippen LogP contribution in [0.4, 0.5) is 21.5 Å². The van der Waals surface area contributed by atoms with Crippen LogP contribution in [0.3, 0.4) is 0 Å². The number of halogens is 1. The summed E-state index contributed by atoms with van der Waals surface area (Å²) in [6, 6.07) is 12.7. The first kappa shape index (κ1) is 14.8. The summed E-state index contributed by atoms with van der Waals surface area (Å²) < 4.78 is 42.1. The standard InChI is InChI=1S/C15H16FN3O2S/c16-12-6-1-2-7-13(12)19-15-9-4-3-8-14(15)18(11-5-10-17)22(19,20)21/h1-4,6-9H,5,10-11,17H2. The predicted octanol–water partition coefficient (Wildman–Crippen LogP) is 2.38. The van der Waals surface area contributed by atoms with E-state index in [2.05, 4.69) is 0 Å². The van der Waals surface area contributed by atoms with Gasteiger partial charge in [0.15, 0.2) is 0 Å². The van der Waals surface area contributed by atoms with Gasteiger partial charge >= 0.3 is 10.2 Å². The van der Waals surface area contributed by atoms with Gasteiger partial charge in [-0.15, -0.1) is 0 Å². The summed E-state index contributed by atoms with van der Waals surface area (Å²) in [5.41, 5.74) is 6.50. The Kier molecular flexibility index (Phi) is 3.76. The van der Waals surface area contributed by atoms with Gasteiger partial charge in [-0.25, -0.2) is 8.70 Å². The maximum absolute atomic E-state index is 14.1. The van der Waals surface area contributed by atoms with Gasteiger partial charge < -0.3 is 5.73 Å². The lowest BCUT2D eigenvalue weighted by Crippen LogP contribution is -2.36. The molecule has 116 valence electrons. The molecular formula is C15H16FN3O2S.